The molecule has 1 fully saturated rings. The molecule has 0 spiro atoms. The lowest BCUT2D eigenvalue weighted by atomic mass is 9.87. The Bertz CT molecular complexity index is 1200. The molecule has 0 N–H and O–H groups in total. The summed E-state index contributed by atoms with van der Waals surface area (Å²) in [6.45, 7) is 8.44. The third-order valence-corrected chi connectivity index (χ3v) is 6.75. The highest BCUT2D eigenvalue weighted by Gasteiger charge is 2.38. The Morgan fingerprint density at radius 3 is 2.43 bits per heavy atom. The highest BCUT2D eigenvalue weighted by molar-refractivity contribution is 5.94. The molecule has 4 rings (SSSR count). The summed E-state index contributed by atoms with van der Waals surface area (Å²) < 4.78 is 59.7. The highest BCUT2D eigenvalue weighted by atomic mass is 19.4. The zero-order valence-electron chi connectivity index (χ0n) is 21.3. The average Bonchev–Trinajstić information content (AvgIpc) is 3.43. The average molecular weight is 517 g/mol. The monoisotopic (exact) mass is 516 g/mol. The minimum absolute atomic E-state index is 0.0947. The normalized spacial score (nSPS) is 18.5. The standard InChI is InChI=1S/C29H32F4N2O2/c1-19(2)14-35(28(36)21-8-10-25(30)11-9-21)16-23-15-34(17-26-12-7-20(3)37-26)18-27(23)22-5-4-6-24(13-22)29(31,32)33/h4-13,19,23,27H,14-18H2,1-3H3/t23-,27+/m1/s1. The number of hydrogen-bond donors (Lipinski definition) is 0. The largest absolute Gasteiger partial charge is 0.465 e. The molecule has 4 nitrogen and oxygen atoms in total. The quantitative estimate of drug-likeness (QED) is 0.311. The van der Waals surface area contributed by atoms with Crippen LogP contribution in [0.3, 0.4) is 0 Å². The van der Waals surface area contributed by atoms with Crippen LogP contribution in [0.25, 0.3) is 0 Å². The van der Waals surface area contributed by atoms with Gasteiger partial charge in [-0.3, -0.25) is 9.69 Å². The minimum Gasteiger partial charge on any atom is -0.465 e. The second kappa shape index (κ2) is 11.1. The van der Waals surface area contributed by atoms with Crippen molar-refractivity contribution in [2.45, 2.75) is 39.4 Å². The third kappa shape index (κ3) is 6.80. The molecule has 0 saturated carbocycles. The number of carbonyl (C=O) groups excluding carboxylic acids is 1. The van der Waals surface area contributed by atoms with Gasteiger partial charge in [0.05, 0.1) is 12.1 Å². The molecule has 1 saturated heterocycles. The van der Waals surface area contributed by atoms with E-state index >= 15 is 0 Å². The van der Waals surface area contributed by atoms with Crippen molar-refractivity contribution in [2.24, 2.45) is 11.8 Å². The van der Waals surface area contributed by atoms with Crippen molar-refractivity contribution < 1.29 is 26.8 Å². The SMILES string of the molecule is Cc1ccc(CN2C[C@H](CN(CC(C)C)C(=O)c3ccc(F)cc3)[C@H](c3cccc(C(F)(F)F)c3)C2)o1. The van der Waals surface area contributed by atoms with Gasteiger partial charge in [0.1, 0.15) is 17.3 Å². The van der Waals surface area contributed by atoms with E-state index in [9.17, 15) is 22.4 Å². The van der Waals surface area contributed by atoms with E-state index in [1.807, 2.05) is 32.9 Å². The van der Waals surface area contributed by atoms with E-state index in [0.29, 0.717) is 43.9 Å². The first kappa shape index (κ1) is 26.9. The molecule has 198 valence electrons. The fourth-order valence-corrected chi connectivity index (χ4v) is 5.13. The molecule has 2 atom stereocenters. The maximum atomic E-state index is 13.5. The molecular formula is C29H32F4N2O2. The van der Waals surface area contributed by atoms with Crippen molar-refractivity contribution in [1.29, 1.82) is 0 Å². The van der Waals surface area contributed by atoms with Gasteiger partial charge in [-0.05, 0) is 66.8 Å². The Hall–Kier alpha value is -3.13. The highest BCUT2D eigenvalue weighted by Crippen LogP contribution is 2.37. The molecule has 3 aromatic rings. The zero-order valence-corrected chi connectivity index (χ0v) is 21.3. The Balaban J connectivity index is 1.62. The van der Waals surface area contributed by atoms with E-state index in [1.165, 1.54) is 36.4 Å². The number of aryl methyl sites for hydroxylation is 1. The maximum absolute atomic E-state index is 13.5. The minimum atomic E-state index is -4.43. The number of amides is 1. The summed E-state index contributed by atoms with van der Waals surface area (Å²) in [4.78, 5) is 17.3. The number of furan rings is 1. The van der Waals surface area contributed by atoms with Gasteiger partial charge < -0.3 is 9.32 Å². The van der Waals surface area contributed by atoms with Crippen LogP contribution >= 0.6 is 0 Å². The predicted molar refractivity (Wildman–Crippen MR) is 134 cm³/mol. The molecule has 2 heterocycles. The summed E-state index contributed by atoms with van der Waals surface area (Å²) in [5, 5.41) is 0. The number of halogens is 4. The molecule has 8 heteroatoms. The summed E-state index contributed by atoms with van der Waals surface area (Å²) in [6.07, 6.45) is -4.43. The maximum Gasteiger partial charge on any atom is 0.416 e. The Labute approximate surface area is 214 Å². The third-order valence-electron chi connectivity index (χ3n) is 6.75. The molecule has 0 radical (unpaired) electrons. The van der Waals surface area contributed by atoms with Crippen molar-refractivity contribution in [1.82, 2.24) is 9.80 Å². The molecule has 0 unspecified atom stereocenters. The van der Waals surface area contributed by atoms with Crippen LogP contribution in [-0.4, -0.2) is 41.9 Å². The van der Waals surface area contributed by atoms with Crippen molar-refractivity contribution in [3.63, 3.8) is 0 Å². The van der Waals surface area contributed by atoms with Crippen molar-refractivity contribution >= 4 is 5.91 Å². The first-order valence-corrected chi connectivity index (χ1v) is 12.5. The molecular weight excluding hydrogens is 484 g/mol. The van der Waals surface area contributed by atoms with E-state index < -0.39 is 17.6 Å². The van der Waals surface area contributed by atoms with Gasteiger partial charge in [-0.25, -0.2) is 4.39 Å². The molecule has 1 aromatic heterocycles. The van der Waals surface area contributed by atoms with Crippen molar-refractivity contribution in [2.75, 3.05) is 26.2 Å². The number of rotatable bonds is 8. The van der Waals surface area contributed by atoms with E-state index in [2.05, 4.69) is 4.90 Å². The number of alkyl halides is 3. The van der Waals surface area contributed by atoms with E-state index in [4.69, 9.17) is 4.42 Å². The number of benzene rings is 2. The Morgan fingerprint density at radius 2 is 1.81 bits per heavy atom. The molecule has 2 aromatic carbocycles. The number of hydrogen-bond acceptors (Lipinski definition) is 3. The summed E-state index contributed by atoms with van der Waals surface area (Å²) in [7, 11) is 0. The summed E-state index contributed by atoms with van der Waals surface area (Å²) in [5.41, 5.74) is 0.320. The molecule has 1 aliphatic rings. The fraction of sp³-hybridized carbons (Fsp3) is 0.414. The van der Waals surface area contributed by atoms with Crippen LogP contribution in [0, 0.1) is 24.6 Å². The van der Waals surface area contributed by atoms with Crippen LogP contribution in [0.4, 0.5) is 17.6 Å². The molecule has 1 aliphatic heterocycles. The van der Waals surface area contributed by atoms with Crippen LogP contribution in [-0.2, 0) is 12.7 Å². The molecule has 0 bridgehead atoms. The van der Waals surface area contributed by atoms with Crippen LogP contribution < -0.4 is 0 Å². The van der Waals surface area contributed by atoms with Gasteiger partial charge in [-0.15, -0.1) is 0 Å². The van der Waals surface area contributed by atoms with E-state index in [-0.39, 0.29) is 23.7 Å². The van der Waals surface area contributed by atoms with Gasteiger partial charge in [-0.2, -0.15) is 13.2 Å². The first-order valence-electron chi connectivity index (χ1n) is 12.5. The lowest BCUT2D eigenvalue weighted by molar-refractivity contribution is -0.137. The van der Waals surface area contributed by atoms with Crippen LogP contribution in [0.15, 0.2) is 65.1 Å². The first-order chi connectivity index (χ1) is 17.5. The van der Waals surface area contributed by atoms with Crippen molar-refractivity contribution in [3.8, 4) is 0 Å². The predicted octanol–water partition coefficient (Wildman–Crippen LogP) is 6.76. The lowest BCUT2D eigenvalue weighted by Gasteiger charge is -2.30. The van der Waals surface area contributed by atoms with Gasteiger partial charge in [0.25, 0.3) is 5.91 Å². The van der Waals surface area contributed by atoms with E-state index in [1.54, 1.807) is 11.0 Å². The fourth-order valence-electron chi connectivity index (χ4n) is 5.13. The molecule has 37 heavy (non-hydrogen) atoms. The van der Waals surface area contributed by atoms with Gasteiger partial charge in [0, 0.05) is 37.7 Å². The molecule has 1 amide bonds. The topological polar surface area (TPSA) is 36.7 Å². The van der Waals surface area contributed by atoms with E-state index in [0.717, 1.165) is 17.6 Å². The number of nitrogens with zero attached hydrogens (tertiary/aromatic N) is 2. The Kier molecular flexibility index (Phi) is 8.07. The van der Waals surface area contributed by atoms with Crippen molar-refractivity contribution in [3.05, 3.63) is 94.7 Å². The summed E-state index contributed by atoms with van der Waals surface area (Å²) in [6, 6.07) is 14.7. The smallest absolute Gasteiger partial charge is 0.416 e. The van der Waals surface area contributed by atoms with Crippen LogP contribution in [0.2, 0.25) is 0 Å². The van der Waals surface area contributed by atoms with Crippen LogP contribution in [0.5, 0.6) is 0 Å². The zero-order chi connectivity index (χ0) is 26.7. The lowest BCUT2D eigenvalue weighted by Crippen LogP contribution is -2.39. The summed E-state index contributed by atoms with van der Waals surface area (Å²) in [5.74, 6) is 0.847. The second-order valence-electron chi connectivity index (χ2n) is 10.3. The summed E-state index contributed by atoms with van der Waals surface area (Å²) >= 11 is 0. The molecule has 0 aliphatic carbocycles. The van der Waals surface area contributed by atoms with Gasteiger partial charge in [-0.1, -0.05) is 32.0 Å². The van der Waals surface area contributed by atoms with Gasteiger partial charge in [0.2, 0.25) is 0 Å². The Morgan fingerprint density at radius 1 is 1.08 bits per heavy atom. The van der Waals surface area contributed by atoms with Gasteiger partial charge >= 0.3 is 6.18 Å². The number of likely N-dealkylation sites (tertiary alicyclic amines) is 1. The van der Waals surface area contributed by atoms with Crippen LogP contribution in [0.1, 0.15) is 52.8 Å². The number of carbonyl (C=O) groups is 1. The van der Waals surface area contributed by atoms with Gasteiger partial charge in [0.15, 0.2) is 0 Å². The second-order valence-corrected chi connectivity index (χ2v) is 10.3.